The van der Waals surface area contributed by atoms with E-state index in [1.165, 1.54) is 17.9 Å². The Morgan fingerprint density at radius 2 is 2.45 bits per heavy atom. The summed E-state index contributed by atoms with van der Waals surface area (Å²) in [6.07, 6.45) is 4.12. The third-order valence-electron chi connectivity index (χ3n) is 2.22. The summed E-state index contributed by atoms with van der Waals surface area (Å²) in [7, 11) is 0. The van der Waals surface area contributed by atoms with E-state index in [0.29, 0.717) is 5.78 Å². The van der Waals surface area contributed by atoms with Crippen LogP contribution in [0.5, 0.6) is 0 Å². The maximum Gasteiger partial charge on any atom is 0.133 e. The fourth-order valence-electron chi connectivity index (χ4n) is 1.53. The van der Waals surface area contributed by atoms with Crippen LogP contribution in [-0.2, 0) is 4.79 Å². The van der Waals surface area contributed by atoms with Crippen molar-refractivity contribution in [2.24, 2.45) is 5.92 Å². The molecule has 0 bridgehead atoms. The number of ketones is 1. The molecule has 0 aromatic rings. The zero-order chi connectivity index (χ0) is 8.10. The third kappa shape index (κ3) is 3.28. The molecule has 11 heavy (non-hydrogen) atoms. The molecular weight excluding hydrogens is 156 g/mol. The highest BCUT2D eigenvalue weighted by Crippen LogP contribution is 2.26. The summed E-state index contributed by atoms with van der Waals surface area (Å²) >= 11 is 1.98. The standard InChI is InChI=1S/C9H16OS/c1-2-11-6-5-8-3-4-9(10)7-8/h8H,2-7H2,1H3. The van der Waals surface area contributed by atoms with Crippen LogP contribution in [0.25, 0.3) is 0 Å². The van der Waals surface area contributed by atoms with Gasteiger partial charge in [-0.15, -0.1) is 0 Å². The van der Waals surface area contributed by atoms with Crippen LogP contribution in [0.15, 0.2) is 0 Å². The molecule has 0 heterocycles. The van der Waals surface area contributed by atoms with E-state index in [2.05, 4.69) is 6.92 Å². The van der Waals surface area contributed by atoms with Crippen LogP contribution in [0.1, 0.15) is 32.6 Å². The lowest BCUT2D eigenvalue weighted by Crippen LogP contribution is -1.96. The van der Waals surface area contributed by atoms with E-state index in [1.807, 2.05) is 11.8 Å². The lowest BCUT2D eigenvalue weighted by atomic mass is 10.1. The van der Waals surface area contributed by atoms with Crippen LogP contribution >= 0.6 is 11.8 Å². The summed E-state index contributed by atoms with van der Waals surface area (Å²) in [5.74, 6) is 3.66. The molecule has 0 amide bonds. The van der Waals surface area contributed by atoms with Crippen molar-refractivity contribution in [3.63, 3.8) is 0 Å². The number of carbonyl (C=O) groups is 1. The molecule has 1 atom stereocenters. The second-order valence-electron chi connectivity index (χ2n) is 3.13. The van der Waals surface area contributed by atoms with Crippen LogP contribution < -0.4 is 0 Å². The molecule has 2 heteroatoms. The zero-order valence-corrected chi connectivity index (χ0v) is 7.95. The lowest BCUT2D eigenvalue weighted by molar-refractivity contribution is -0.117. The number of carbonyl (C=O) groups excluding carboxylic acids is 1. The summed E-state index contributed by atoms with van der Waals surface area (Å²) < 4.78 is 0. The van der Waals surface area contributed by atoms with Gasteiger partial charge in [-0.3, -0.25) is 4.79 Å². The van der Waals surface area contributed by atoms with Gasteiger partial charge in [0.15, 0.2) is 0 Å². The van der Waals surface area contributed by atoms with Crippen molar-refractivity contribution in [1.82, 2.24) is 0 Å². The van der Waals surface area contributed by atoms with Crippen molar-refractivity contribution in [2.75, 3.05) is 11.5 Å². The van der Waals surface area contributed by atoms with Gasteiger partial charge in [-0.05, 0) is 30.3 Å². The molecule has 0 aromatic carbocycles. The van der Waals surface area contributed by atoms with Crippen molar-refractivity contribution in [3.8, 4) is 0 Å². The van der Waals surface area contributed by atoms with Gasteiger partial charge in [0.25, 0.3) is 0 Å². The number of hydrogen-bond donors (Lipinski definition) is 0. The molecule has 0 aromatic heterocycles. The largest absolute Gasteiger partial charge is 0.300 e. The van der Waals surface area contributed by atoms with Gasteiger partial charge in [-0.2, -0.15) is 11.8 Å². The monoisotopic (exact) mass is 172 g/mol. The van der Waals surface area contributed by atoms with E-state index in [4.69, 9.17) is 0 Å². The predicted octanol–water partition coefficient (Wildman–Crippen LogP) is 2.50. The highest BCUT2D eigenvalue weighted by Gasteiger charge is 2.20. The molecule has 1 unspecified atom stereocenters. The second kappa shape index (κ2) is 4.81. The molecule has 1 saturated carbocycles. The van der Waals surface area contributed by atoms with E-state index >= 15 is 0 Å². The molecule has 64 valence electrons. The molecule has 0 saturated heterocycles. The van der Waals surface area contributed by atoms with Crippen LogP contribution in [-0.4, -0.2) is 17.3 Å². The van der Waals surface area contributed by atoms with E-state index in [1.54, 1.807) is 0 Å². The van der Waals surface area contributed by atoms with E-state index in [-0.39, 0.29) is 0 Å². The topological polar surface area (TPSA) is 17.1 Å². The SMILES string of the molecule is CCSCCC1CCC(=O)C1. The summed E-state index contributed by atoms with van der Waals surface area (Å²) in [6.45, 7) is 2.18. The number of Topliss-reactive ketones (excluding diaryl/α,β-unsaturated/α-hetero) is 1. The smallest absolute Gasteiger partial charge is 0.133 e. The minimum Gasteiger partial charge on any atom is -0.300 e. The quantitative estimate of drug-likeness (QED) is 0.606. The van der Waals surface area contributed by atoms with Crippen LogP contribution in [0.2, 0.25) is 0 Å². The van der Waals surface area contributed by atoms with Crippen LogP contribution in [0.4, 0.5) is 0 Å². The Morgan fingerprint density at radius 1 is 1.64 bits per heavy atom. The highest BCUT2D eigenvalue weighted by atomic mass is 32.2. The third-order valence-corrected chi connectivity index (χ3v) is 3.15. The molecule has 0 N–H and O–H groups in total. The molecule has 0 aliphatic heterocycles. The molecule has 1 rings (SSSR count). The summed E-state index contributed by atoms with van der Waals surface area (Å²) in [4.78, 5) is 10.9. The van der Waals surface area contributed by atoms with Crippen LogP contribution in [0, 0.1) is 5.92 Å². The number of hydrogen-bond acceptors (Lipinski definition) is 2. The Bertz CT molecular complexity index is 134. The fourth-order valence-corrected chi connectivity index (χ4v) is 2.32. The van der Waals surface area contributed by atoms with Gasteiger partial charge in [-0.25, -0.2) is 0 Å². The average Bonchev–Trinajstić information content (AvgIpc) is 2.37. The average molecular weight is 172 g/mol. The van der Waals surface area contributed by atoms with E-state index in [9.17, 15) is 4.79 Å². The van der Waals surface area contributed by atoms with Crippen molar-refractivity contribution in [2.45, 2.75) is 32.6 Å². The molecular formula is C9H16OS. The normalized spacial score (nSPS) is 24.5. The Morgan fingerprint density at radius 3 is 3.00 bits per heavy atom. The summed E-state index contributed by atoms with van der Waals surface area (Å²) in [5.41, 5.74) is 0. The highest BCUT2D eigenvalue weighted by molar-refractivity contribution is 7.99. The van der Waals surface area contributed by atoms with Gasteiger partial charge in [0.2, 0.25) is 0 Å². The van der Waals surface area contributed by atoms with Crippen molar-refractivity contribution < 1.29 is 4.79 Å². The maximum absolute atomic E-state index is 10.9. The number of thioether (sulfide) groups is 1. The van der Waals surface area contributed by atoms with Gasteiger partial charge < -0.3 is 0 Å². The molecule has 1 aliphatic carbocycles. The van der Waals surface area contributed by atoms with Gasteiger partial charge in [0, 0.05) is 12.8 Å². The predicted molar refractivity (Wildman–Crippen MR) is 50.0 cm³/mol. The van der Waals surface area contributed by atoms with Crippen molar-refractivity contribution in [1.29, 1.82) is 0 Å². The first-order valence-electron chi connectivity index (χ1n) is 4.42. The van der Waals surface area contributed by atoms with E-state index < -0.39 is 0 Å². The Hall–Kier alpha value is 0.0200. The molecule has 1 aliphatic rings. The van der Waals surface area contributed by atoms with Gasteiger partial charge in [0.05, 0.1) is 0 Å². The molecule has 0 spiro atoms. The maximum atomic E-state index is 10.9. The Labute approximate surface area is 72.9 Å². The zero-order valence-electron chi connectivity index (χ0n) is 7.14. The molecule has 1 fully saturated rings. The Kier molecular flexibility index (Phi) is 3.98. The summed E-state index contributed by atoms with van der Waals surface area (Å²) in [6, 6.07) is 0. The second-order valence-corrected chi connectivity index (χ2v) is 4.53. The first-order chi connectivity index (χ1) is 5.33. The van der Waals surface area contributed by atoms with Gasteiger partial charge >= 0.3 is 0 Å². The Balaban J connectivity index is 2.04. The number of rotatable bonds is 4. The fraction of sp³-hybridized carbons (Fsp3) is 0.889. The molecule has 1 nitrogen and oxygen atoms in total. The summed E-state index contributed by atoms with van der Waals surface area (Å²) in [5, 5.41) is 0. The van der Waals surface area contributed by atoms with Gasteiger partial charge in [0.1, 0.15) is 5.78 Å². The van der Waals surface area contributed by atoms with Gasteiger partial charge in [-0.1, -0.05) is 6.92 Å². The van der Waals surface area contributed by atoms with Crippen molar-refractivity contribution in [3.05, 3.63) is 0 Å². The minimum absolute atomic E-state index is 0.483. The minimum atomic E-state index is 0.483. The lowest BCUT2D eigenvalue weighted by Gasteiger charge is -2.05. The van der Waals surface area contributed by atoms with Crippen LogP contribution in [0.3, 0.4) is 0 Å². The van der Waals surface area contributed by atoms with E-state index in [0.717, 1.165) is 25.2 Å². The first kappa shape index (κ1) is 9.11. The molecule has 0 radical (unpaired) electrons. The first-order valence-corrected chi connectivity index (χ1v) is 5.58. The van der Waals surface area contributed by atoms with Crippen molar-refractivity contribution >= 4 is 17.5 Å².